The summed E-state index contributed by atoms with van der Waals surface area (Å²) in [4.78, 5) is 8.01. The Balaban J connectivity index is 1.69. The fourth-order valence-corrected chi connectivity index (χ4v) is 3.40. The van der Waals surface area contributed by atoms with Gasteiger partial charge in [-0.25, -0.2) is 4.98 Å². The Morgan fingerprint density at radius 3 is 2.76 bits per heavy atom. The zero-order valence-corrected chi connectivity index (χ0v) is 14.1. The lowest BCUT2D eigenvalue weighted by molar-refractivity contribution is 0.673. The first-order valence-electron chi connectivity index (χ1n) is 6.96. The van der Waals surface area contributed by atoms with Gasteiger partial charge in [-0.2, -0.15) is 0 Å². The highest BCUT2D eigenvalue weighted by Crippen LogP contribution is 2.25. The maximum atomic E-state index is 6.23. The third-order valence-electron chi connectivity index (χ3n) is 3.45. The third-order valence-corrected chi connectivity index (χ3v) is 5.01. The molecule has 1 aliphatic rings. The monoisotopic (exact) mass is 341 g/mol. The van der Waals surface area contributed by atoms with Gasteiger partial charge in [-0.1, -0.05) is 23.2 Å². The number of nitrogens with zero attached hydrogens (tertiary/aromatic N) is 2. The fourth-order valence-electron chi connectivity index (χ4n) is 2.09. The molecule has 3 rings (SSSR count). The van der Waals surface area contributed by atoms with Crippen molar-refractivity contribution in [3.05, 3.63) is 44.2 Å². The van der Waals surface area contributed by atoms with Crippen molar-refractivity contribution in [2.45, 2.75) is 32.0 Å². The Kier molecular flexibility index (Phi) is 4.69. The predicted octanol–water partition coefficient (Wildman–Crippen LogP) is 4.34. The maximum Gasteiger partial charge on any atom is 0.129 e. The minimum absolute atomic E-state index is 0.650. The van der Waals surface area contributed by atoms with Crippen LogP contribution < -0.4 is 10.2 Å². The molecular formula is C15H17Cl2N3S. The number of pyridine rings is 1. The average Bonchev–Trinajstić information content (AvgIpc) is 3.20. The van der Waals surface area contributed by atoms with Crippen LogP contribution in [0.25, 0.3) is 0 Å². The van der Waals surface area contributed by atoms with E-state index in [1.807, 2.05) is 25.2 Å². The summed E-state index contributed by atoms with van der Waals surface area (Å²) in [7, 11) is 2.03. The normalized spacial score (nSPS) is 14.4. The highest BCUT2D eigenvalue weighted by Gasteiger charge is 2.21. The van der Waals surface area contributed by atoms with E-state index in [0.29, 0.717) is 6.04 Å². The molecular weight excluding hydrogens is 325 g/mol. The lowest BCUT2D eigenvalue weighted by atomic mass is 10.3. The molecule has 0 aliphatic heterocycles. The van der Waals surface area contributed by atoms with Crippen LogP contribution in [-0.2, 0) is 13.1 Å². The second-order valence-electron chi connectivity index (χ2n) is 5.32. The lowest BCUT2D eigenvalue weighted by Gasteiger charge is -2.18. The van der Waals surface area contributed by atoms with Crippen LogP contribution in [0.5, 0.6) is 0 Å². The van der Waals surface area contributed by atoms with E-state index in [4.69, 9.17) is 23.2 Å². The van der Waals surface area contributed by atoms with E-state index in [1.165, 1.54) is 17.7 Å². The SMILES string of the molecule is CN(Cc1ccc(Cl)s1)c1ccc(Cl)c(CNC2CC2)n1. The second kappa shape index (κ2) is 6.53. The van der Waals surface area contributed by atoms with E-state index in [1.54, 1.807) is 11.3 Å². The van der Waals surface area contributed by atoms with Gasteiger partial charge in [-0.05, 0) is 37.1 Å². The molecule has 2 aromatic rings. The van der Waals surface area contributed by atoms with Gasteiger partial charge in [0.1, 0.15) is 5.82 Å². The minimum atomic E-state index is 0.650. The molecule has 0 atom stereocenters. The van der Waals surface area contributed by atoms with Gasteiger partial charge in [0.05, 0.1) is 21.6 Å². The van der Waals surface area contributed by atoms with Crippen LogP contribution in [0.4, 0.5) is 5.82 Å². The molecule has 21 heavy (non-hydrogen) atoms. The van der Waals surface area contributed by atoms with E-state index in [2.05, 4.69) is 21.3 Å². The maximum absolute atomic E-state index is 6.23. The molecule has 1 saturated carbocycles. The Morgan fingerprint density at radius 1 is 1.29 bits per heavy atom. The van der Waals surface area contributed by atoms with Gasteiger partial charge >= 0.3 is 0 Å². The lowest BCUT2D eigenvalue weighted by Crippen LogP contribution is -2.20. The molecule has 2 heterocycles. The van der Waals surface area contributed by atoms with Crippen LogP contribution >= 0.6 is 34.5 Å². The second-order valence-corrected chi connectivity index (χ2v) is 7.52. The Labute approximate surface area is 138 Å². The van der Waals surface area contributed by atoms with Crippen LogP contribution in [0.2, 0.25) is 9.36 Å². The number of nitrogens with one attached hydrogen (secondary N) is 1. The largest absolute Gasteiger partial charge is 0.355 e. The van der Waals surface area contributed by atoms with Crippen molar-refractivity contribution in [1.82, 2.24) is 10.3 Å². The van der Waals surface area contributed by atoms with Crippen molar-refractivity contribution >= 4 is 40.4 Å². The first-order chi connectivity index (χ1) is 10.1. The van der Waals surface area contributed by atoms with Crippen molar-refractivity contribution < 1.29 is 0 Å². The third kappa shape index (κ3) is 4.10. The molecule has 0 bridgehead atoms. The quantitative estimate of drug-likeness (QED) is 0.847. The molecule has 2 aromatic heterocycles. The van der Waals surface area contributed by atoms with Gasteiger partial charge in [-0.15, -0.1) is 11.3 Å². The molecule has 0 radical (unpaired) electrons. The number of hydrogen-bond acceptors (Lipinski definition) is 4. The zero-order valence-electron chi connectivity index (χ0n) is 11.8. The Bertz CT molecular complexity index is 625. The topological polar surface area (TPSA) is 28.2 Å². The molecule has 1 fully saturated rings. The molecule has 3 nitrogen and oxygen atoms in total. The molecule has 0 aromatic carbocycles. The van der Waals surface area contributed by atoms with Crippen LogP contribution in [-0.4, -0.2) is 18.1 Å². The van der Waals surface area contributed by atoms with Crippen LogP contribution in [0, 0.1) is 0 Å². The summed E-state index contributed by atoms with van der Waals surface area (Å²) < 4.78 is 0.816. The molecule has 1 aliphatic carbocycles. The molecule has 0 unspecified atom stereocenters. The van der Waals surface area contributed by atoms with Crippen LogP contribution in [0.1, 0.15) is 23.4 Å². The van der Waals surface area contributed by atoms with Crippen LogP contribution in [0.15, 0.2) is 24.3 Å². The highest BCUT2D eigenvalue weighted by atomic mass is 35.5. The number of halogens is 2. The fraction of sp³-hybridized carbons (Fsp3) is 0.400. The Hall–Kier alpha value is -0.810. The summed E-state index contributed by atoms with van der Waals surface area (Å²) in [6.07, 6.45) is 2.52. The van der Waals surface area contributed by atoms with Gasteiger partial charge in [0.25, 0.3) is 0 Å². The molecule has 1 N–H and O–H groups in total. The molecule has 0 spiro atoms. The Morgan fingerprint density at radius 2 is 2.10 bits per heavy atom. The first kappa shape index (κ1) is 15.1. The summed E-state index contributed by atoms with van der Waals surface area (Å²) in [6, 6.07) is 8.51. The summed E-state index contributed by atoms with van der Waals surface area (Å²) in [5, 5.41) is 4.17. The van der Waals surface area contributed by atoms with Crippen LogP contribution in [0.3, 0.4) is 0 Å². The molecule has 112 valence electrons. The van der Waals surface area contributed by atoms with E-state index >= 15 is 0 Å². The number of rotatable bonds is 6. The summed E-state index contributed by atoms with van der Waals surface area (Å²) >= 11 is 13.8. The van der Waals surface area contributed by atoms with E-state index < -0.39 is 0 Å². The highest BCUT2D eigenvalue weighted by molar-refractivity contribution is 7.16. The van der Waals surface area contributed by atoms with Crippen molar-refractivity contribution in [2.75, 3.05) is 11.9 Å². The van der Waals surface area contributed by atoms with Crippen molar-refractivity contribution in [3.8, 4) is 0 Å². The zero-order chi connectivity index (χ0) is 14.8. The number of hydrogen-bond donors (Lipinski definition) is 1. The molecule has 6 heteroatoms. The van der Waals surface area contributed by atoms with E-state index in [0.717, 1.165) is 34.0 Å². The first-order valence-corrected chi connectivity index (χ1v) is 8.53. The van der Waals surface area contributed by atoms with Gasteiger partial charge < -0.3 is 10.2 Å². The number of anilines is 1. The smallest absolute Gasteiger partial charge is 0.129 e. The van der Waals surface area contributed by atoms with Gasteiger partial charge in [-0.3, -0.25) is 0 Å². The standard InChI is InChI=1S/C15H17Cl2N3S/c1-20(9-11-4-6-14(17)21-11)15-7-5-12(16)13(19-15)8-18-10-2-3-10/h4-7,10,18H,2-3,8-9H2,1H3. The summed E-state index contributed by atoms with van der Waals surface area (Å²) in [5.41, 5.74) is 0.914. The summed E-state index contributed by atoms with van der Waals surface area (Å²) in [5.74, 6) is 0.927. The number of thiophene rings is 1. The van der Waals surface area contributed by atoms with Gasteiger partial charge in [0.2, 0.25) is 0 Å². The van der Waals surface area contributed by atoms with Crippen molar-refractivity contribution in [1.29, 1.82) is 0 Å². The minimum Gasteiger partial charge on any atom is -0.355 e. The number of aromatic nitrogens is 1. The molecule has 0 amide bonds. The predicted molar refractivity (Wildman–Crippen MR) is 90.5 cm³/mol. The average molecular weight is 342 g/mol. The van der Waals surface area contributed by atoms with Crippen molar-refractivity contribution in [3.63, 3.8) is 0 Å². The summed E-state index contributed by atoms with van der Waals surface area (Å²) in [6.45, 7) is 1.53. The van der Waals surface area contributed by atoms with Gasteiger partial charge in [0, 0.05) is 24.5 Å². The van der Waals surface area contributed by atoms with E-state index in [-0.39, 0.29) is 0 Å². The van der Waals surface area contributed by atoms with Gasteiger partial charge in [0.15, 0.2) is 0 Å². The van der Waals surface area contributed by atoms with E-state index in [9.17, 15) is 0 Å². The van der Waals surface area contributed by atoms with Crippen molar-refractivity contribution in [2.24, 2.45) is 0 Å². The molecule has 0 saturated heterocycles.